The molecule has 1 aromatic rings. The van der Waals surface area contributed by atoms with Gasteiger partial charge in [0.25, 0.3) is 5.91 Å². The van der Waals surface area contributed by atoms with Crippen molar-refractivity contribution in [3.8, 4) is 11.8 Å². The summed E-state index contributed by atoms with van der Waals surface area (Å²) in [6, 6.07) is 7.35. The van der Waals surface area contributed by atoms with Crippen molar-refractivity contribution >= 4 is 5.91 Å². The second kappa shape index (κ2) is 6.75. The molecule has 2 rings (SSSR count). The molecule has 0 aromatic heterocycles. The van der Waals surface area contributed by atoms with Crippen LogP contribution in [0, 0.1) is 11.8 Å². The van der Waals surface area contributed by atoms with E-state index in [1.165, 1.54) is 6.42 Å². The fourth-order valence-corrected chi connectivity index (χ4v) is 2.61. The van der Waals surface area contributed by atoms with E-state index in [2.05, 4.69) is 36.2 Å². The second-order valence-electron chi connectivity index (χ2n) is 5.74. The molecule has 0 unspecified atom stereocenters. The van der Waals surface area contributed by atoms with Gasteiger partial charge in [0.15, 0.2) is 0 Å². The van der Waals surface area contributed by atoms with Gasteiger partial charge < -0.3 is 16.0 Å². The third kappa shape index (κ3) is 3.63. The minimum absolute atomic E-state index is 0.0421. The first-order valence-electron chi connectivity index (χ1n) is 7.32. The van der Waals surface area contributed by atoms with E-state index in [4.69, 9.17) is 5.73 Å². The molecule has 0 atom stereocenters. The summed E-state index contributed by atoms with van der Waals surface area (Å²) in [7, 11) is 4.16. The molecule has 0 aliphatic heterocycles. The van der Waals surface area contributed by atoms with E-state index in [0.717, 1.165) is 18.4 Å². The van der Waals surface area contributed by atoms with Gasteiger partial charge in [-0.1, -0.05) is 17.9 Å². The number of hydrogen-bond donors (Lipinski definition) is 2. The molecule has 0 saturated heterocycles. The molecule has 0 spiro atoms. The van der Waals surface area contributed by atoms with Gasteiger partial charge in [0.05, 0.1) is 6.54 Å². The lowest BCUT2D eigenvalue weighted by Gasteiger charge is -2.47. The summed E-state index contributed by atoms with van der Waals surface area (Å²) in [6.45, 7) is 1.01. The number of likely N-dealkylation sites (N-methyl/N-ethyl adjacent to an activating group) is 1. The second-order valence-corrected chi connectivity index (χ2v) is 5.74. The van der Waals surface area contributed by atoms with Crippen LogP contribution < -0.4 is 11.1 Å². The predicted octanol–water partition coefficient (Wildman–Crippen LogP) is 1.21. The van der Waals surface area contributed by atoms with Crippen LogP contribution in [0.2, 0.25) is 0 Å². The van der Waals surface area contributed by atoms with Crippen LogP contribution in [0.15, 0.2) is 24.3 Å². The summed E-state index contributed by atoms with van der Waals surface area (Å²) in [6.07, 6.45) is 3.52. The minimum atomic E-state index is -0.0421. The Kier molecular flexibility index (Phi) is 5.00. The maximum atomic E-state index is 12.3. The van der Waals surface area contributed by atoms with Crippen LogP contribution >= 0.6 is 0 Å². The van der Waals surface area contributed by atoms with Crippen LogP contribution in [-0.4, -0.2) is 43.5 Å². The quantitative estimate of drug-likeness (QED) is 0.818. The van der Waals surface area contributed by atoms with Gasteiger partial charge >= 0.3 is 0 Å². The van der Waals surface area contributed by atoms with Crippen molar-refractivity contribution in [2.75, 3.05) is 27.2 Å². The summed E-state index contributed by atoms with van der Waals surface area (Å²) in [5, 5.41) is 3.05. The van der Waals surface area contributed by atoms with Gasteiger partial charge in [0.2, 0.25) is 0 Å². The summed E-state index contributed by atoms with van der Waals surface area (Å²) in [5.74, 6) is 5.71. The molecule has 1 aromatic carbocycles. The van der Waals surface area contributed by atoms with E-state index < -0.39 is 0 Å². The van der Waals surface area contributed by atoms with Crippen molar-refractivity contribution in [1.82, 2.24) is 10.2 Å². The van der Waals surface area contributed by atoms with Crippen LogP contribution in [0.3, 0.4) is 0 Å². The average Bonchev–Trinajstić information content (AvgIpc) is 2.43. The lowest BCUT2D eigenvalue weighted by molar-refractivity contribution is 0.0557. The van der Waals surface area contributed by atoms with Gasteiger partial charge in [-0.05, 0) is 51.6 Å². The van der Waals surface area contributed by atoms with Crippen molar-refractivity contribution in [1.29, 1.82) is 0 Å². The lowest BCUT2D eigenvalue weighted by atomic mass is 9.75. The first-order valence-corrected chi connectivity index (χ1v) is 7.32. The first-order chi connectivity index (χ1) is 10.1. The molecule has 4 heteroatoms. The van der Waals surface area contributed by atoms with Crippen molar-refractivity contribution in [2.45, 2.75) is 24.8 Å². The Balaban J connectivity index is 2.00. The number of nitrogens with two attached hydrogens (primary N) is 1. The molecular formula is C17H23N3O. The van der Waals surface area contributed by atoms with Crippen LogP contribution in [0.5, 0.6) is 0 Å². The summed E-state index contributed by atoms with van der Waals surface area (Å²) >= 11 is 0. The zero-order valence-electron chi connectivity index (χ0n) is 12.8. The van der Waals surface area contributed by atoms with Crippen molar-refractivity contribution < 1.29 is 4.79 Å². The normalized spacial score (nSPS) is 15.8. The fraction of sp³-hybridized carbons (Fsp3) is 0.471. The van der Waals surface area contributed by atoms with Crippen molar-refractivity contribution in [3.63, 3.8) is 0 Å². The maximum Gasteiger partial charge on any atom is 0.251 e. The summed E-state index contributed by atoms with van der Waals surface area (Å²) in [4.78, 5) is 14.5. The maximum absolute atomic E-state index is 12.3. The highest BCUT2D eigenvalue weighted by atomic mass is 16.1. The van der Waals surface area contributed by atoms with Gasteiger partial charge in [-0.25, -0.2) is 0 Å². The van der Waals surface area contributed by atoms with Crippen LogP contribution in [-0.2, 0) is 0 Å². The third-order valence-electron chi connectivity index (χ3n) is 4.27. The molecular weight excluding hydrogens is 262 g/mol. The van der Waals surface area contributed by atoms with E-state index in [9.17, 15) is 4.79 Å². The van der Waals surface area contributed by atoms with Gasteiger partial charge in [0, 0.05) is 23.2 Å². The van der Waals surface area contributed by atoms with Crippen LogP contribution in [0.4, 0.5) is 0 Å². The van der Waals surface area contributed by atoms with Gasteiger partial charge in [-0.3, -0.25) is 4.79 Å². The standard InChI is InChI=1S/C17H23N3O/c1-20(2)17(9-5-10-17)13-19-16(21)15-8-3-6-14(12-15)7-4-11-18/h3,6,8,12H,5,9-11,13,18H2,1-2H3,(H,19,21). The minimum Gasteiger partial charge on any atom is -0.350 e. The third-order valence-corrected chi connectivity index (χ3v) is 4.27. The highest BCUT2D eigenvalue weighted by molar-refractivity contribution is 5.94. The van der Waals surface area contributed by atoms with Crippen molar-refractivity contribution in [3.05, 3.63) is 35.4 Å². The molecule has 112 valence electrons. The van der Waals surface area contributed by atoms with E-state index >= 15 is 0 Å². The van der Waals surface area contributed by atoms with Crippen LogP contribution in [0.1, 0.15) is 35.2 Å². The number of nitrogens with zero attached hydrogens (tertiary/aromatic N) is 1. The van der Waals surface area contributed by atoms with Gasteiger partial charge in [0.1, 0.15) is 0 Å². The Labute approximate surface area is 126 Å². The Morgan fingerprint density at radius 2 is 2.19 bits per heavy atom. The number of carbonyl (C=O) groups excluding carboxylic acids is 1. The SMILES string of the molecule is CN(C)C1(CNC(=O)c2cccc(C#CCN)c2)CCC1. The molecule has 3 N–H and O–H groups in total. The number of rotatable bonds is 4. The molecule has 4 nitrogen and oxygen atoms in total. The molecule has 1 aliphatic carbocycles. The van der Waals surface area contributed by atoms with E-state index in [1.54, 1.807) is 6.07 Å². The van der Waals surface area contributed by atoms with E-state index in [1.807, 2.05) is 18.2 Å². The monoisotopic (exact) mass is 285 g/mol. The van der Waals surface area contributed by atoms with Crippen molar-refractivity contribution in [2.24, 2.45) is 5.73 Å². The average molecular weight is 285 g/mol. The van der Waals surface area contributed by atoms with E-state index in [0.29, 0.717) is 18.7 Å². The zero-order chi connectivity index (χ0) is 15.3. The largest absolute Gasteiger partial charge is 0.350 e. The van der Waals surface area contributed by atoms with E-state index in [-0.39, 0.29) is 11.4 Å². The number of carbonyl (C=O) groups is 1. The summed E-state index contributed by atoms with van der Waals surface area (Å²) in [5.41, 5.74) is 6.96. The molecule has 1 saturated carbocycles. The zero-order valence-corrected chi connectivity index (χ0v) is 12.8. The lowest BCUT2D eigenvalue weighted by Crippen LogP contribution is -2.57. The van der Waals surface area contributed by atoms with Gasteiger partial charge in [-0.2, -0.15) is 0 Å². The molecule has 0 bridgehead atoms. The Morgan fingerprint density at radius 1 is 1.43 bits per heavy atom. The molecule has 1 aliphatic rings. The highest BCUT2D eigenvalue weighted by Gasteiger charge is 2.39. The topological polar surface area (TPSA) is 58.4 Å². The molecule has 1 fully saturated rings. The number of amides is 1. The Hall–Kier alpha value is -1.83. The first kappa shape index (κ1) is 15.6. The Bertz CT molecular complexity index is 565. The smallest absolute Gasteiger partial charge is 0.251 e. The van der Waals surface area contributed by atoms with Gasteiger partial charge in [-0.15, -0.1) is 0 Å². The number of hydrogen-bond acceptors (Lipinski definition) is 3. The molecule has 1 amide bonds. The van der Waals surface area contributed by atoms with Crippen LogP contribution in [0.25, 0.3) is 0 Å². The number of benzene rings is 1. The fourth-order valence-electron chi connectivity index (χ4n) is 2.61. The highest BCUT2D eigenvalue weighted by Crippen LogP contribution is 2.35. The molecule has 21 heavy (non-hydrogen) atoms. The number of nitrogens with one attached hydrogen (secondary N) is 1. The summed E-state index contributed by atoms with van der Waals surface area (Å²) < 4.78 is 0. The predicted molar refractivity (Wildman–Crippen MR) is 85.0 cm³/mol. The Morgan fingerprint density at radius 3 is 2.76 bits per heavy atom. The molecule has 0 heterocycles. The molecule has 0 radical (unpaired) electrons.